The fraction of sp³-hybridized carbons (Fsp3) is 0.611. The molecule has 1 saturated heterocycles. The Morgan fingerprint density at radius 2 is 1.77 bits per heavy atom. The fourth-order valence-corrected chi connectivity index (χ4v) is 3.41. The molecule has 2 N–H and O–H groups in total. The maximum atomic E-state index is 5.37. The average Bonchev–Trinajstić information content (AvgIpc) is 2.65. The molecule has 1 aliphatic rings. The van der Waals surface area contributed by atoms with Crippen LogP contribution in [0.25, 0.3) is 0 Å². The Morgan fingerprint density at radius 3 is 2.38 bits per heavy atom. The first-order valence-electron chi connectivity index (χ1n) is 8.75. The van der Waals surface area contributed by atoms with Gasteiger partial charge in [-0.15, -0.1) is 24.0 Å². The third kappa shape index (κ3) is 7.11. The number of guanidine groups is 1. The molecule has 0 amide bonds. The van der Waals surface area contributed by atoms with Gasteiger partial charge in [0.25, 0.3) is 0 Å². The Labute approximate surface area is 182 Å². The molecule has 8 heteroatoms. The van der Waals surface area contributed by atoms with Crippen molar-refractivity contribution >= 4 is 45.9 Å². The maximum absolute atomic E-state index is 5.37. The number of nitrogens with one attached hydrogen (secondary N) is 2. The van der Waals surface area contributed by atoms with Crippen LogP contribution in [0.3, 0.4) is 0 Å². The van der Waals surface area contributed by atoms with Crippen LogP contribution in [-0.4, -0.2) is 58.3 Å². The van der Waals surface area contributed by atoms with Crippen LogP contribution >= 0.6 is 39.9 Å². The van der Waals surface area contributed by atoms with Crippen molar-refractivity contribution < 1.29 is 9.47 Å². The summed E-state index contributed by atoms with van der Waals surface area (Å²) in [4.78, 5) is 6.81. The third-order valence-electron chi connectivity index (χ3n) is 4.39. The number of piperidine rings is 1. The molecule has 0 aromatic heterocycles. The van der Waals surface area contributed by atoms with E-state index in [0.29, 0.717) is 12.3 Å². The molecule has 1 heterocycles. The van der Waals surface area contributed by atoms with Crippen molar-refractivity contribution in [1.82, 2.24) is 15.5 Å². The van der Waals surface area contributed by atoms with Crippen LogP contribution < -0.4 is 20.1 Å². The van der Waals surface area contributed by atoms with E-state index in [1.165, 1.54) is 32.4 Å². The van der Waals surface area contributed by atoms with Gasteiger partial charge >= 0.3 is 0 Å². The number of rotatable bonds is 7. The molecule has 6 nitrogen and oxygen atoms in total. The van der Waals surface area contributed by atoms with E-state index in [1.54, 1.807) is 21.3 Å². The van der Waals surface area contributed by atoms with E-state index in [1.807, 2.05) is 12.1 Å². The minimum Gasteiger partial charge on any atom is -0.493 e. The average molecular weight is 541 g/mol. The normalized spacial score (nSPS) is 15.2. The van der Waals surface area contributed by atoms with E-state index in [-0.39, 0.29) is 24.0 Å². The monoisotopic (exact) mass is 540 g/mol. The van der Waals surface area contributed by atoms with Crippen LogP contribution in [0.5, 0.6) is 11.5 Å². The maximum Gasteiger partial charge on any atom is 0.191 e. The van der Waals surface area contributed by atoms with E-state index in [4.69, 9.17) is 9.47 Å². The summed E-state index contributed by atoms with van der Waals surface area (Å²) in [6.45, 7) is 5.02. The van der Waals surface area contributed by atoms with Crippen LogP contribution in [-0.2, 0) is 6.54 Å². The molecule has 148 valence electrons. The predicted octanol–water partition coefficient (Wildman–Crippen LogP) is 3.24. The van der Waals surface area contributed by atoms with E-state index in [2.05, 4.69) is 36.5 Å². The van der Waals surface area contributed by atoms with Crippen LogP contribution in [0.15, 0.2) is 21.6 Å². The molecule has 0 atom stereocenters. The number of benzene rings is 1. The van der Waals surface area contributed by atoms with Gasteiger partial charge in [0.1, 0.15) is 0 Å². The number of methoxy groups -OCH3 is 2. The Kier molecular flexibility index (Phi) is 11.3. The zero-order chi connectivity index (χ0) is 18.1. The smallest absolute Gasteiger partial charge is 0.191 e. The van der Waals surface area contributed by atoms with Gasteiger partial charge in [0, 0.05) is 31.2 Å². The van der Waals surface area contributed by atoms with Gasteiger partial charge in [-0.3, -0.25) is 4.99 Å². The summed E-state index contributed by atoms with van der Waals surface area (Å²) < 4.78 is 11.7. The van der Waals surface area contributed by atoms with Gasteiger partial charge in [-0.1, -0.05) is 22.4 Å². The van der Waals surface area contributed by atoms with Crippen molar-refractivity contribution in [1.29, 1.82) is 0 Å². The highest BCUT2D eigenvalue weighted by atomic mass is 127. The summed E-state index contributed by atoms with van der Waals surface area (Å²) in [5.41, 5.74) is 1.08. The highest BCUT2D eigenvalue weighted by Crippen LogP contribution is 2.33. The standard InChI is InChI=1S/C18H29BrN4O2.HI/c1-20-18(21-7-10-23-8-5-4-6-9-23)22-13-14-11-16(24-2)17(25-3)12-15(14)19;/h11-12H,4-10,13H2,1-3H3,(H2,20,21,22);1H. The minimum absolute atomic E-state index is 0. The molecule has 0 unspecified atom stereocenters. The predicted molar refractivity (Wildman–Crippen MR) is 121 cm³/mol. The molecular formula is C18H30BrIN4O2. The second-order valence-electron chi connectivity index (χ2n) is 6.05. The van der Waals surface area contributed by atoms with Crippen LogP contribution in [0.1, 0.15) is 24.8 Å². The number of ether oxygens (including phenoxy) is 2. The first-order valence-corrected chi connectivity index (χ1v) is 9.54. The summed E-state index contributed by atoms with van der Waals surface area (Å²) in [5.74, 6) is 2.23. The summed E-state index contributed by atoms with van der Waals surface area (Å²) >= 11 is 3.59. The number of halogens is 2. The lowest BCUT2D eigenvalue weighted by atomic mass is 10.1. The lowest BCUT2D eigenvalue weighted by Crippen LogP contribution is -2.42. The van der Waals surface area contributed by atoms with Crippen LogP contribution in [0.4, 0.5) is 0 Å². The van der Waals surface area contributed by atoms with Crippen molar-refractivity contribution in [2.45, 2.75) is 25.8 Å². The Balaban J connectivity index is 0.00000338. The van der Waals surface area contributed by atoms with E-state index in [9.17, 15) is 0 Å². The van der Waals surface area contributed by atoms with Gasteiger partial charge in [0.15, 0.2) is 17.5 Å². The van der Waals surface area contributed by atoms with Gasteiger partial charge in [0.05, 0.1) is 14.2 Å². The molecule has 2 rings (SSSR count). The Bertz CT molecular complexity index is 581. The lowest BCUT2D eigenvalue weighted by Gasteiger charge is -2.26. The highest BCUT2D eigenvalue weighted by Gasteiger charge is 2.11. The van der Waals surface area contributed by atoms with Gasteiger partial charge in [0.2, 0.25) is 0 Å². The van der Waals surface area contributed by atoms with E-state index < -0.39 is 0 Å². The molecule has 1 aliphatic heterocycles. The Morgan fingerprint density at radius 1 is 1.12 bits per heavy atom. The molecule has 1 aromatic rings. The van der Waals surface area contributed by atoms with E-state index >= 15 is 0 Å². The number of hydrogen-bond donors (Lipinski definition) is 2. The number of nitrogens with zero attached hydrogens (tertiary/aromatic N) is 2. The molecule has 0 aliphatic carbocycles. The van der Waals surface area contributed by atoms with Gasteiger partial charge in [-0.05, 0) is 43.6 Å². The number of likely N-dealkylation sites (tertiary alicyclic amines) is 1. The van der Waals surface area contributed by atoms with Crippen LogP contribution in [0, 0.1) is 0 Å². The highest BCUT2D eigenvalue weighted by molar-refractivity contribution is 14.0. The molecule has 0 spiro atoms. The molecule has 0 bridgehead atoms. The molecule has 1 fully saturated rings. The van der Waals surface area contributed by atoms with Crippen LogP contribution in [0.2, 0.25) is 0 Å². The van der Waals surface area contributed by atoms with Crippen molar-refractivity contribution in [3.63, 3.8) is 0 Å². The summed E-state index contributed by atoms with van der Waals surface area (Å²) in [6.07, 6.45) is 4.01. The van der Waals surface area contributed by atoms with Gasteiger partial charge < -0.3 is 25.0 Å². The zero-order valence-corrected chi connectivity index (χ0v) is 19.7. The first-order chi connectivity index (χ1) is 12.2. The van der Waals surface area contributed by atoms with Crippen molar-refractivity contribution in [2.75, 3.05) is 47.4 Å². The van der Waals surface area contributed by atoms with E-state index in [0.717, 1.165) is 34.8 Å². The quantitative estimate of drug-likeness (QED) is 0.316. The second-order valence-corrected chi connectivity index (χ2v) is 6.91. The second kappa shape index (κ2) is 12.6. The zero-order valence-electron chi connectivity index (χ0n) is 15.8. The minimum atomic E-state index is 0. The molecule has 26 heavy (non-hydrogen) atoms. The van der Waals surface area contributed by atoms with Crippen molar-refractivity contribution in [3.05, 3.63) is 22.2 Å². The summed E-state index contributed by atoms with van der Waals surface area (Å²) in [7, 11) is 5.07. The molecule has 0 saturated carbocycles. The van der Waals surface area contributed by atoms with Crippen molar-refractivity contribution in [2.24, 2.45) is 4.99 Å². The molecular weight excluding hydrogens is 511 g/mol. The largest absolute Gasteiger partial charge is 0.493 e. The summed E-state index contributed by atoms with van der Waals surface area (Å²) in [6, 6.07) is 3.89. The number of hydrogen-bond acceptors (Lipinski definition) is 4. The summed E-state index contributed by atoms with van der Waals surface area (Å²) in [5, 5.41) is 6.73. The third-order valence-corrected chi connectivity index (χ3v) is 5.13. The Hall–Kier alpha value is -0.740. The van der Waals surface area contributed by atoms with Gasteiger partial charge in [-0.2, -0.15) is 0 Å². The fourth-order valence-electron chi connectivity index (χ4n) is 2.95. The first kappa shape index (κ1) is 23.3. The number of aliphatic imine (C=N–C) groups is 1. The molecule has 1 aromatic carbocycles. The lowest BCUT2D eigenvalue weighted by molar-refractivity contribution is 0.232. The molecule has 0 radical (unpaired) electrons. The van der Waals surface area contributed by atoms with Crippen molar-refractivity contribution in [3.8, 4) is 11.5 Å². The topological polar surface area (TPSA) is 58.1 Å². The SMILES string of the molecule is CN=C(NCCN1CCCCC1)NCc1cc(OC)c(OC)cc1Br.I. The van der Waals surface area contributed by atoms with Gasteiger partial charge in [-0.25, -0.2) is 0 Å².